The highest BCUT2D eigenvalue weighted by atomic mass is 16.4. The number of hydrogen-bond donors (Lipinski definition) is 1. The molecule has 1 aromatic carbocycles. The predicted molar refractivity (Wildman–Crippen MR) is 74.3 cm³/mol. The van der Waals surface area contributed by atoms with E-state index in [4.69, 9.17) is 4.42 Å². The summed E-state index contributed by atoms with van der Waals surface area (Å²) in [6.45, 7) is 3.00. The van der Waals surface area contributed by atoms with Gasteiger partial charge in [0.1, 0.15) is 11.1 Å². The molecule has 2 heterocycles. The highest BCUT2D eigenvalue weighted by Crippen LogP contribution is 2.30. The highest BCUT2D eigenvalue weighted by molar-refractivity contribution is 5.78. The number of benzene rings is 1. The minimum atomic E-state index is -0.821. The molecular weight excluding hydrogens is 256 g/mol. The molecule has 5 heteroatoms. The van der Waals surface area contributed by atoms with Crippen LogP contribution in [0.4, 0.5) is 0 Å². The fourth-order valence-electron chi connectivity index (χ4n) is 2.82. The largest absolute Gasteiger partial charge is 0.480 e. The number of likely N-dealkylation sites (tertiary alicyclic amines) is 1. The molecule has 0 spiro atoms. The molecule has 0 saturated carbocycles. The molecule has 0 amide bonds. The first-order valence-corrected chi connectivity index (χ1v) is 6.92. The van der Waals surface area contributed by atoms with Crippen LogP contribution in [0.2, 0.25) is 0 Å². The van der Waals surface area contributed by atoms with Gasteiger partial charge in [-0.15, -0.1) is 0 Å². The molecule has 1 saturated heterocycles. The Labute approximate surface area is 117 Å². The Hall–Kier alpha value is -1.88. The van der Waals surface area contributed by atoms with Gasteiger partial charge in [0.25, 0.3) is 0 Å². The van der Waals surface area contributed by atoms with E-state index in [0.29, 0.717) is 18.9 Å². The summed E-state index contributed by atoms with van der Waals surface area (Å²) in [5.74, 6) is -0.186. The van der Waals surface area contributed by atoms with Crippen molar-refractivity contribution in [2.24, 2.45) is 0 Å². The summed E-state index contributed by atoms with van der Waals surface area (Å²) >= 11 is 0. The van der Waals surface area contributed by atoms with Crippen LogP contribution in [0.15, 0.2) is 28.7 Å². The summed E-state index contributed by atoms with van der Waals surface area (Å²) in [5.41, 5.74) is 0.743. The Kier molecular flexibility index (Phi) is 3.22. The number of aliphatic carboxylic acids is 1. The van der Waals surface area contributed by atoms with Crippen molar-refractivity contribution in [3.05, 3.63) is 30.2 Å². The van der Waals surface area contributed by atoms with Gasteiger partial charge in [-0.25, -0.2) is 4.98 Å². The van der Waals surface area contributed by atoms with Crippen LogP contribution < -0.4 is 0 Å². The number of piperidine rings is 1. The Morgan fingerprint density at radius 1 is 1.45 bits per heavy atom. The third-order valence-electron chi connectivity index (χ3n) is 4.16. The zero-order chi connectivity index (χ0) is 14.2. The summed E-state index contributed by atoms with van der Waals surface area (Å²) in [6.07, 6.45) is 2.64. The SMILES string of the molecule is CC1(C(=O)O)CCCCN1Cc1nc2ccccc2o1. The van der Waals surface area contributed by atoms with E-state index in [1.165, 1.54) is 0 Å². The second kappa shape index (κ2) is 4.90. The number of oxazole rings is 1. The molecule has 1 unspecified atom stereocenters. The van der Waals surface area contributed by atoms with Gasteiger partial charge in [0.05, 0.1) is 6.54 Å². The van der Waals surface area contributed by atoms with Crippen molar-refractivity contribution in [3.8, 4) is 0 Å². The predicted octanol–water partition coefficient (Wildman–Crippen LogP) is 2.66. The van der Waals surface area contributed by atoms with Gasteiger partial charge in [0, 0.05) is 0 Å². The number of carboxylic acids is 1. The number of carboxylic acid groups (broad SMARTS) is 1. The normalized spacial score (nSPS) is 24.1. The average molecular weight is 274 g/mol. The molecule has 1 fully saturated rings. The van der Waals surface area contributed by atoms with Gasteiger partial charge >= 0.3 is 5.97 Å². The lowest BCUT2D eigenvalue weighted by atomic mass is 9.88. The molecule has 106 valence electrons. The van der Waals surface area contributed by atoms with Gasteiger partial charge in [-0.1, -0.05) is 12.1 Å². The summed E-state index contributed by atoms with van der Waals surface area (Å²) in [5, 5.41) is 9.49. The molecule has 5 nitrogen and oxygen atoms in total. The first-order valence-electron chi connectivity index (χ1n) is 6.92. The van der Waals surface area contributed by atoms with Crippen molar-refractivity contribution in [2.75, 3.05) is 6.54 Å². The van der Waals surface area contributed by atoms with Gasteiger partial charge in [-0.05, 0) is 44.9 Å². The zero-order valence-electron chi connectivity index (χ0n) is 11.5. The summed E-state index contributed by atoms with van der Waals surface area (Å²) < 4.78 is 5.70. The summed E-state index contributed by atoms with van der Waals surface area (Å²) in [6, 6.07) is 7.59. The zero-order valence-corrected chi connectivity index (χ0v) is 11.5. The first kappa shape index (κ1) is 13.1. The quantitative estimate of drug-likeness (QED) is 0.932. The van der Waals surface area contributed by atoms with Gasteiger partial charge in [-0.3, -0.25) is 9.69 Å². The van der Waals surface area contributed by atoms with Gasteiger partial charge in [-0.2, -0.15) is 0 Å². The van der Waals surface area contributed by atoms with E-state index in [1.54, 1.807) is 6.92 Å². The molecule has 0 aliphatic carbocycles. The maximum Gasteiger partial charge on any atom is 0.323 e. The van der Waals surface area contributed by atoms with Crippen LogP contribution in [0.1, 0.15) is 32.1 Å². The number of para-hydroxylation sites is 2. The highest BCUT2D eigenvalue weighted by Gasteiger charge is 2.41. The Morgan fingerprint density at radius 3 is 3.00 bits per heavy atom. The van der Waals surface area contributed by atoms with E-state index >= 15 is 0 Å². The molecule has 3 rings (SSSR count). The maximum absolute atomic E-state index is 11.6. The van der Waals surface area contributed by atoms with Crippen molar-refractivity contribution in [3.63, 3.8) is 0 Å². The molecule has 1 aliphatic rings. The minimum Gasteiger partial charge on any atom is -0.480 e. The summed E-state index contributed by atoms with van der Waals surface area (Å²) in [4.78, 5) is 17.9. The smallest absolute Gasteiger partial charge is 0.323 e. The Balaban J connectivity index is 1.86. The second-order valence-electron chi connectivity index (χ2n) is 5.53. The van der Waals surface area contributed by atoms with E-state index in [-0.39, 0.29) is 0 Å². The van der Waals surface area contributed by atoms with Crippen LogP contribution >= 0.6 is 0 Å². The third kappa shape index (κ3) is 2.18. The van der Waals surface area contributed by atoms with E-state index < -0.39 is 11.5 Å². The molecule has 2 aromatic rings. The number of nitrogens with zero attached hydrogens (tertiary/aromatic N) is 2. The summed E-state index contributed by atoms with van der Waals surface area (Å²) in [7, 11) is 0. The van der Waals surface area contributed by atoms with E-state index in [1.807, 2.05) is 29.2 Å². The molecule has 0 radical (unpaired) electrons. The average Bonchev–Trinajstić information content (AvgIpc) is 2.83. The van der Waals surface area contributed by atoms with Crippen molar-refractivity contribution in [1.29, 1.82) is 0 Å². The van der Waals surface area contributed by atoms with Gasteiger partial charge in [0.2, 0.25) is 5.89 Å². The first-order chi connectivity index (χ1) is 9.59. The van der Waals surface area contributed by atoms with Crippen LogP contribution in [0, 0.1) is 0 Å². The maximum atomic E-state index is 11.6. The van der Waals surface area contributed by atoms with E-state index in [9.17, 15) is 9.90 Å². The Bertz CT molecular complexity index is 604. The van der Waals surface area contributed by atoms with E-state index in [2.05, 4.69) is 4.98 Å². The Morgan fingerprint density at radius 2 is 2.25 bits per heavy atom. The van der Waals surface area contributed by atoms with Crippen LogP contribution in [-0.2, 0) is 11.3 Å². The van der Waals surface area contributed by atoms with Crippen molar-refractivity contribution in [1.82, 2.24) is 9.88 Å². The lowest BCUT2D eigenvalue weighted by Gasteiger charge is -2.40. The second-order valence-corrected chi connectivity index (χ2v) is 5.53. The lowest BCUT2D eigenvalue weighted by molar-refractivity contribution is -0.153. The van der Waals surface area contributed by atoms with Crippen molar-refractivity contribution < 1.29 is 14.3 Å². The van der Waals surface area contributed by atoms with Gasteiger partial charge < -0.3 is 9.52 Å². The monoisotopic (exact) mass is 274 g/mol. The molecular formula is C15H18N2O3. The van der Waals surface area contributed by atoms with Crippen LogP contribution in [-0.4, -0.2) is 33.0 Å². The number of fused-ring (bicyclic) bond motifs is 1. The molecule has 20 heavy (non-hydrogen) atoms. The molecule has 0 bridgehead atoms. The van der Waals surface area contributed by atoms with E-state index in [0.717, 1.165) is 30.5 Å². The number of carbonyl (C=O) groups is 1. The molecule has 1 aromatic heterocycles. The van der Waals surface area contributed by atoms with Crippen molar-refractivity contribution in [2.45, 2.75) is 38.3 Å². The molecule has 1 N–H and O–H groups in total. The number of aromatic nitrogens is 1. The number of hydrogen-bond acceptors (Lipinski definition) is 4. The van der Waals surface area contributed by atoms with Gasteiger partial charge in [0.15, 0.2) is 5.58 Å². The third-order valence-corrected chi connectivity index (χ3v) is 4.16. The fourth-order valence-corrected chi connectivity index (χ4v) is 2.82. The lowest BCUT2D eigenvalue weighted by Crippen LogP contribution is -2.54. The van der Waals surface area contributed by atoms with Crippen LogP contribution in [0.3, 0.4) is 0 Å². The standard InChI is InChI=1S/C15H18N2O3/c1-15(14(18)19)8-4-5-9-17(15)10-13-16-11-6-2-3-7-12(11)20-13/h2-3,6-7H,4-5,8-10H2,1H3,(H,18,19). The fraction of sp³-hybridized carbons (Fsp3) is 0.467. The topological polar surface area (TPSA) is 66.6 Å². The van der Waals surface area contributed by atoms with Crippen molar-refractivity contribution >= 4 is 17.1 Å². The molecule has 1 aliphatic heterocycles. The minimum absolute atomic E-state index is 0.442. The number of rotatable bonds is 3. The molecule has 1 atom stereocenters. The van der Waals surface area contributed by atoms with Crippen LogP contribution in [0.25, 0.3) is 11.1 Å². The van der Waals surface area contributed by atoms with Crippen LogP contribution in [0.5, 0.6) is 0 Å².